The van der Waals surface area contributed by atoms with Crippen molar-refractivity contribution in [3.63, 3.8) is 0 Å². The van der Waals surface area contributed by atoms with Crippen LogP contribution in [0.1, 0.15) is 20.8 Å². The minimum atomic E-state index is -3.86. The molecule has 0 aromatic carbocycles. The highest BCUT2D eigenvalue weighted by Crippen LogP contribution is 2.37. The van der Waals surface area contributed by atoms with Gasteiger partial charge in [0.25, 0.3) is 16.0 Å². The fourth-order valence-corrected chi connectivity index (χ4v) is 2.13. The van der Waals surface area contributed by atoms with Crippen molar-refractivity contribution in [1.82, 2.24) is 0 Å². The van der Waals surface area contributed by atoms with Crippen molar-refractivity contribution in [2.24, 2.45) is 0 Å². The summed E-state index contributed by atoms with van der Waals surface area (Å²) in [7, 11) is -6.14. The molecule has 0 N–H and O–H groups in total. The zero-order valence-corrected chi connectivity index (χ0v) is 13.5. The molecule has 0 aliphatic rings. The lowest BCUT2D eigenvalue weighted by atomic mass is 10.2. The highest BCUT2D eigenvalue weighted by Gasteiger charge is 2.41. The number of rotatable bonds is 6. The zero-order valence-electron chi connectivity index (χ0n) is 11.7. The Labute approximate surface area is 109 Å². The molecule has 0 fully saturated rings. The maximum absolute atomic E-state index is 13.4. The lowest BCUT2D eigenvalue weighted by Gasteiger charge is -2.37. The molecule has 0 atom stereocenters. The van der Waals surface area contributed by atoms with Crippen LogP contribution in [0.25, 0.3) is 0 Å². The SMILES string of the molecule is CC(C)(C)[Si](C)(C)OCC(F)(F)COS(C)(=O)=O. The van der Waals surface area contributed by atoms with Crippen LogP contribution in [0.5, 0.6) is 0 Å². The predicted octanol–water partition coefficient (Wildman–Crippen LogP) is 2.62. The van der Waals surface area contributed by atoms with Gasteiger partial charge in [0.05, 0.1) is 6.26 Å². The molecule has 0 spiro atoms. The van der Waals surface area contributed by atoms with Gasteiger partial charge in [-0.15, -0.1) is 0 Å². The van der Waals surface area contributed by atoms with E-state index in [2.05, 4.69) is 4.18 Å². The van der Waals surface area contributed by atoms with Gasteiger partial charge in [0.2, 0.25) is 0 Å². The van der Waals surface area contributed by atoms with E-state index >= 15 is 0 Å². The van der Waals surface area contributed by atoms with Crippen molar-refractivity contribution in [2.75, 3.05) is 19.5 Å². The van der Waals surface area contributed by atoms with E-state index in [9.17, 15) is 17.2 Å². The fraction of sp³-hybridized carbons (Fsp3) is 1.00. The van der Waals surface area contributed by atoms with Crippen LogP contribution in [0, 0.1) is 0 Å². The van der Waals surface area contributed by atoms with Crippen LogP contribution in [0.3, 0.4) is 0 Å². The van der Waals surface area contributed by atoms with Crippen molar-refractivity contribution < 1.29 is 25.8 Å². The van der Waals surface area contributed by atoms with Gasteiger partial charge in [-0.1, -0.05) is 20.8 Å². The summed E-state index contributed by atoms with van der Waals surface area (Å²) in [6.07, 6.45) is 0.734. The maximum Gasteiger partial charge on any atom is 0.293 e. The third-order valence-electron chi connectivity index (χ3n) is 2.93. The van der Waals surface area contributed by atoms with Gasteiger partial charge < -0.3 is 4.43 Å². The van der Waals surface area contributed by atoms with Gasteiger partial charge in [-0.2, -0.15) is 8.42 Å². The average molecular weight is 304 g/mol. The smallest absolute Gasteiger partial charge is 0.293 e. The Morgan fingerprint density at radius 1 is 1.11 bits per heavy atom. The molecule has 0 rings (SSSR count). The Balaban J connectivity index is 4.44. The van der Waals surface area contributed by atoms with Gasteiger partial charge in [-0.25, -0.2) is 8.78 Å². The molecule has 0 heterocycles. The molecule has 0 aromatic rings. The molecular weight excluding hydrogens is 282 g/mol. The molecule has 0 bridgehead atoms. The van der Waals surface area contributed by atoms with Crippen LogP contribution in [0.15, 0.2) is 0 Å². The first-order chi connectivity index (χ1) is 7.66. The Kier molecular flexibility index (Phi) is 5.50. The molecule has 0 unspecified atom stereocenters. The molecule has 0 saturated heterocycles. The topological polar surface area (TPSA) is 52.6 Å². The van der Waals surface area contributed by atoms with E-state index in [0.717, 1.165) is 6.26 Å². The second-order valence-corrected chi connectivity index (χ2v) is 12.3. The molecular formula is C10H22F2O4SSi. The lowest BCUT2D eigenvalue weighted by molar-refractivity contribution is -0.0746. The highest BCUT2D eigenvalue weighted by atomic mass is 32.2. The lowest BCUT2D eigenvalue weighted by Crippen LogP contribution is -2.45. The van der Waals surface area contributed by atoms with Gasteiger partial charge in [-0.3, -0.25) is 4.18 Å². The van der Waals surface area contributed by atoms with Gasteiger partial charge in [-0.05, 0) is 18.1 Å². The van der Waals surface area contributed by atoms with Crippen LogP contribution in [0.4, 0.5) is 8.78 Å². The van der Waals surface area contributed by atoms with E-state index in [1.54, 1.807) is 0 Å². The van der Waals surface area contributed by atoms with Gasteiger partial charge in [0.15, 0.2) is 8.32 Å². The summed E-state index contributed by atoms with van der Waals surface area (Å²) < 4.78 is 57.5. The third-order valence-corrected chi connectivity index (χ3v) is 7.96. The minimum Gasteiger partial charge on any atom is -0.411 e. The van der Waals surface area contributed by atoms with E-state index in [-0.39, 0.29) is 5.04 Å². The highest BCUT2D eigenvalue weighted by molar-refractivity contribution is 7.85. The summed E-state index contributed by atoms with van der Waals surface area (Å²) in [6, 6.07) is 0. The molecule has 4 nitrogen and oxygen atoms in total. The fourth-order valence-electron chi connectivity index (χ4n) is 0.737. The first-order valence-electron chi connectivity index (χ1n) is 5.52. The largest absolute Gasteiger partial charge is 0.411 e. The number of alkyl halides is 2. The predicted molar refractivity (Wildman–Crippen MR) is 68.9 cm³/mol. The Morgan fingerprint density at radius 3 is 1.89 bits per heavy atom. The van der Waals surface area contributed by atoms with Crippen molar-refractivity contribution in [3.8, 4) is 0 Å². The summed E-state index contributed by atoms with van der Waals surface area (Å²) in [5.41, 5.74) is 0. The summed E-state index contributed by atoms with van der Waals surface area (Å²) in [5.74, 6) is -3.31. The van der Waals surface area contributed by atoms with E-state index in [1.165, 1.54) is 0 Å². The van der Waals surface area contributed by atoms with E-state index in [0.29, 0.717) is 0 Å². The first-order valence-corrected chi connectivity index (χ1v) is 10.2. The number of hydrogen-bond donors (Lipinski definition) is 0. The first kappa shape index (κ1) is 17.9. The van der Waals surface area contributed by atoms with Crippen molar-refractivity contribution in [2.45, 2.75) is 44.8 Å². The van der Waals surface area contributed by atoms with Gasteiger partial charge in [0, 0.05) is 0 Å². The maximum atomic E-state index is 13.4. The quantitative estimate of drug-likeness (QED) is 0.559. The second-order valence-electron chi connectivity index (χ2n) is 5.87. The second kappa shape index (κ2) is 5.52. The molecule has 110 valence electrons. The molecule has 0 amide bonds. The number of halogens is 2. The van der Waals surface area contributed by atoms with Crippen molar-refractivity contribution in [1.29, 1.82) is 0 Å². The van der Waals surface area contributed by atoms with Crippen molar-refractivity contribution in [3.05, 3.63) is 0 Å². The Hall–Kier alpha value is -0.0531. The molecule has 0 aromatic heterocycles. The zero-order chi connectivity index (χ0) is 14.8. The van der Waals surface area contributed by atoms with E-state index in [1.807, 2.05) is 33.9 Å². The molecule has 0 aliphatic heterocycles. The average Bonchev–Trinajstić information content (AvgIpc) is 2.10. The normalized spacial score (nSPS) is 14.9. The van der Waals surface area contributed by atoms with Gasteiger partial charge in [0.1, 0.15) is 13.2 Å². The molecule has 18 heavy (non-hydrogen) atoms. The molecule has 8 heteroatoms. The standard InChI is InChI=1S/C10H22F2O4SSi/c1-9(2,3)18(5,6)16-8-10(11,12)7-15-17(4,13)14/h7-8H2,1-6H3. The van der Waals surface area contributed by atoms with E-state index in [4.69, 9.17) is 4.43 Å². The van der Waals surface area contributed by atoms with Crippen LogP contribution < -0.4 is 0 Å². The van der Waals surface area contributed by atoms with E-state index < -0.39 is 37.6 Å². The molecule has 0 aliphatic carbocycles. The summed E-state index contributed by atoms with van der Waals surface area (Å²) in [5, 5.41) is -0.180. The Morgan fingerprint density at radius 2 is 1.56 bits per heavy atom. The summed E-state index contributed by atoms with van der Waals surface area (Å²) in [4.78, 5) is 0. The van der Waals surface area contributed by atoms with Crippen LogP contribution >= 0.6 is 0 Å². The number of hydrogen-bond acceptors (Lipinski definition) is 4. The Bertz CT molecular complexity index is 374. The summed E-state index contributed by atoms with van der Waals surface area (Å²) in [6.45, 7) is 7.50. The monoisotopic (exact) mass is 304 g/mol. The van der Waals surface area contributed by atoms with Crippen LogP contribution in [-0.2, 0) is 18.7 Å². The van der Waals surface area contributed by atoms with Gasteiger partial charge >= 0.3 is 0 Å². The van der Waals surface area contributed by atoms with Crippen LogP contribution in [-0.4, -0.2) is 42.1 Å². The summed E-state index contributed by atoms with van der Waals surface area (Å²) >= 11 is 0. The van der Waals surface area contributed by atoms with Crippen molar-refractivity contribution >= 4 is 18.4 Å². The molecule has 0 radical (unpaired) electrons. The molecule has 0 saturated carbocycles. The third kappa shape index (κ3) is 6.77. The minimum absolute atomic E-state index is 0.180. The van der Waals surface area contributed by atoms with Crippen LogP contribution in [0.2, 0.25) is 18.1 Å².